The Morgan fingerprint density at radius 2 is 1.70 bits per heavy atom. The second kappa shape index (κ2) is 8.43. The smallest absolute Gasteiger partial charge is 0.416 e. The molecular formula is C22H18ClF3N4O3. The molecule has 0 fully saturated rings. The average Bonchev–Trinajstić information content (AvgIpc) is 3.14. The summed E-state index contributed by atoms with van der Waals surface area (Å²) in [6.45, 7) is -0.0544. The summed E-state index contributed by atoms with van der Waals surface area (Å²) in [7, 11) is 2.83. The molecular weight excluding hydrogens is 461 g/mol. The van der Waals surface area contributed by atoms with Gasteiger partial charge in [0.05, 0.1) is 12.1 Å². The topological polar surface area (TPSA) is 71.1 Å². The Kier molecular flexibility index (Phi) is 5.79. The monoisotopic (exact) mass is 478 g/mol. The highest BCUT2D eigenvalue weighted by Crippen LogP contribution is 2.30. The van der Waals surface area contributed by atoms with Crippen molar-refractivity contribution in [3.05, 3.63) is 91.1 Å². The number of fused-ring (bicyclic) bond motifs is 1. The summed E-state index contributed by atoms with van der Waals surface area (Å²) in [6, 6.07) is 11.6. The summed E-state index contributed by atoms with van der Waals surface area (Å²) in [5.41, 5.74) is -0.633. The molecule has 2 aromatic heterocycles. The lowest BCUT2D eigenvalue weighted by molar-refractivity contribution is -0.137. The zero-order chi connectivity index (χ0) is 23.9. The van der Waals surface area contributed by atoms with Gasteiger partial charge in [-0.25, -0.2) is 4.79 Å². The van der Waals surface area contributed by atoms with Crippen molar-refractivity contribution in [2.75, 3.05) is 0 Å². The molecule has 0 aliphatic rings. The lowest BCUT2D eigenvalue weighted by Crippen LogP contribution is -2.37. The van der Waals surface area contributed by atoms with Crippen LogP contribution in [0.4, 0.5) is 13.2 Å². The van der Waals surface area contributed by atoms with Gasteiger partial charge in [-0.2, -0.15) is 18.2 Å². The molecule has 33 heavy (non-hydrogen) atoms. The molecule has 4 rings (SSSR count). The van der Waals surface area contributed by atoms with Gasteiger partial charge in [0.1, 0.15) is 6.61 Å². The van der Waals surface area contributed by atoms with Crippen LogP contribution in [0, 0.1) is 0 Å². The Hall–Kier alpha value is -3.53. The first-order chi connectivity index (χ1) is 15.6. The molecule has 0 atom stereocenters. The van der Waals surface area contributed by atoms with Crippen molar-refractivity contribution in [1.82, 2.24) is 18.7 Å². The van der Waals surface area contributed by atoms with E-state index in [1.807, 2.05) is 0 Å². The van der Waals surface area contributed by atoms with Crippen LogP contribution in [0.5, 0.6) is 6.01 Å². The number of imidazole rings is 1. The van der Waals surface area contributed by atoms with Crippen LogP contribution in [0.2, 0.25) is 5.02 Å². The summed E-state index contributed by atoms with van der Waals surface area (Å²) in [5.74, 6) is 0. The summed E-state index contributed by atoms with van der Waals surface area (Å²) in [6.07, 6.45) is -4.48. The maximum absolute atomic E-state index is 13.0. The van der Waals surface area contributed by atoms with Crippen molar-refractivity contribution >= 4 is 22.8 Å². The first-order valence-electron chi connectivity index (χ1n) is 9.76. The standard InChI is InChI=1S/C22H18ClF3N4O3/c1-28-18-17(19(31)29(2)21(28)32)30(11-13-6-8-16(23)9-7-13)20(27-18)33-12-14-4-3-5-15(10-14)22(24,25)26/h3-10H,11-12H2,1-2H3. The van der Waals surface area contributed by atoms with Crippen molar-refractivity contribution in [3.63, 3.8) is 0 Å². The van der Waals surface area contributed by atoms with Gasteiger partial charge < -0.3 is 4.74 Å². The predicted octanol–water partition coefficient (Wildman–Crippen LogP) is 3.73. The van der Waals surface area contributed by atoms with Crippen molar-refractivity contribution < 1.29 is 17.9 Å². The zero-order valence-electron chi connectivity index (χ0n) is 17.6. The Morgan fingerprint density at radius 3 is 2.36 bits per heavy atom. The fourth-order valence-electron chi connectivity index (χ4n) is 3.44. The van der Waals surface area contributed by atoms with E-state index in [1.165, 1.54) is 35.4 Å². The number of aromatic nitrogens is 4. The summed E-state index contributed by atoms with van der Waals surface area (Å²) in [5, 5.41) is 0.536. The van der Waals surface area contributed by atoms with Gasteiger partial charge in [-0.15, -0.1) is 0 Å². The molecule has 0 aliphatic carbocycles. The second-order valence-corrected chi connectivity index (χ2v) is 7.91. The quantitative estimate of drug-likeness (QED) is 0.438. The second-order valence-electron chi connectivity index (χ2n) is 7.47. The Morgan fingerprint density at radius 1 is 1.00 bits per heavy atom. The molecule has 172 valence electrons. The van der Waals surface area contributed by atoms with Crippen LogP contribution in [-0.4, -0.2) is 18.7 Å². The number of hydrogen-bond donors (Lipinski definition) is 0. The lowest BCUT2D eigenvalue weighted by atomic mass is 10.1. The number of hydrogen-bond acceptors (Lipinski definition) is 4. The molecule has 0 N–H and O–H groups in total. The molecule has 11 heteroatoms. The van der Waals surface area contributed by atoms with E-state index in [4.69, 9.17) is 16.3 Å². The van der Waals surface area contributed by atoms with E-state index in [1.54, 1.807) is 24.3 Å². The normalized spacial score (nSPS) is 11.8. The van der Waals surface area contributed by atoms with Gasteiger partial charge >= 0.3 is 11.9 Å². The molecule has 0 bridgehead atoms. The molecule has 0 saturated carbocycles. The van der Waals surface area contributed by atoms with E-state index >= 15 is 0 Å². The molecule has 7 nitrogen and oxygen atoms in total. The van der Waals surface area contributed by atoms with Gasteiger partial charge in [0.25, 0.3) is 11.6 Å². The maximum atomic E-state index is 13.0. The molecule has 0 saturated heterocycles. The summed E-state index contributed by atoms with van der Waals surface area (Å²) in [4.78, 5) is 29.6. The first-order valence-corrected chi connectivity index (χ1v) is 10.1. The number of nitrogens with zero attached hydrogens (tertiary/aromatic N) is 4. The lowest BCUT2D eigenvalue weighted by Gasteiger charge is -2.12. The third-order valence-corrected chi connectivity index (χ3v) is 5.44. The number of ether oxygens (including phenoxy) is 1. The van der Waals surface area contributed by atoms with Crippen LogP contribution in [0.1, 0.15) is 16.7 Å². The maximum Gasteiger partial charge on any atom is 0.416 e. The van der Waals surface area contributed by atoms with Crippen LogP contribution < -0.4 is 16.0 Å². The highest BCUT2D eigenvalue weighted by molar-refractivity contribution is 6.30. The zero-order valence-corrected chi connectivity index (χ0v) is 18.3. The minimum atomic E-state index is -4.48. The Bertz CT molecular complexity index is 1450. The van der Waals surface area contributed by atoms with Gasteiger partial charge in [0.2, 0.25) is 0 Å². The van der Waals surface area contributed by atoms with Gasteiger partial charge in [0, 0.05) is 19.1 Å². The van der Waals surface area contributed by atoms with Crippen molar-refractivity contribution in [3.8, 4) is 6.01 Å². The SMILES string of the molecule is Cn1c(=O)c2c(nc(OCc3cccc(C(F)(F)F)c3)n2Cc2ccc(Cl)cc2)n(C)c1=O. The third-order valence-electron chi connectivity index (χ3n) is 5.19. The third kappa shape index (κ3) is 4.38. The van der Waals surface area contributed by atoms with Crippen LogP contribution in [0.3, 0.4) is 0 Å². The molecule has 0 amide bonds. The van der Waals surface area contributed by atoms with Crippen molar-refractivity contribution in [2.45, 2.75) is 19.3 Å². The molecule has 0 unspecified atom stereocenters. The number of rotatable bonds is 5. The summed E-state index contributed by atoms with van der Waals surface area (Å²) >= 11 is 5.95. The number of halogens is 4. The van der Waals surface area contributed by atoms with E-state index in [9.17, 15) is 22.8 Å². The Labute approximate surface area is 190 Å². The molecule has 2 aromatic carbocycles. The van der Waals surface area contributed by atoms with Crippen molar-refractivity contribution in [2.24, 2.45) is 14.1 Å². The molecule has 0 spiro atoms. The highest BCUT2D eigenvalue weighted by Gasteiger charge is 2.30. The first kappa shape index (κ1) is 22.7. The van der Waals surface area contributed by atoms with E-state index in [0.717, 1.165) is 22.3 Å². The van der Waals surface area contributed by atoms with Gasteiger partial charge in [-0.1, -0.05) is 35.9 Å². The van der Waals surface area contributed by atoms with E-state index in [2.05, 4.69) is 4.98 Å². The highest BCUT2D eigenvalue weighted by atomic mass is 35.5. The number of alkyl halides is 3. The Balaban J connectivity index is 1.79. The minimum absolute atomic E-state index is 0.00402. The molecule has 0 aliphatic heterocycles. The van der Waals surface area contributed by atoms with Gasteiger partial charge in [-0.3, -0.25) is 18.5 Å². The van der Waals surface area contributed by atoms with Crippen LogP contribution in [0.25, 0.3) is 11.2 Å². The van der Waals surface area contributed by atoms with Gasteiger partial charge in [-0.05, 0) is 35.4 Å². The van der Waals surface area contributed by atoms with Gasteiger partial charge in [0.15, 0.2) is 11.2 Å². The fraction of sp³-hybridized carbons (Fsp3) is 0.227. The largest absolute Gasteiger partial charge is 0.460 e. The van der Waals surface area contributed by atoms with Crippen LogP contribution >= 0.6 is 11.6 Å². The number of aryl methyl sites for hydroxylation is 1. The van der Waals surface area contributed by atoms with E-state index < -0.39 is 23.0 Å². The average molecular weight is 479 g/mol. The van der Waals surface area contributed by atoms with E-state index in [-0.39, 0.29) is 35.9 Å². The summed E-state index contributed by atoms with van der Waals surface area (Å²) < 4.78 is 48.5. The predicted molar refractivity (Wildman–Crippen MR) is 117 cm³/mol. The van der Waals surface area contributed by atoms with E-state index in [0.29, 0.717) is 5.02 Å². The molecule has 0 radical (unpaired) electrons. The molecule has 2 heterocycles. The fourth-order valence-corrected chi connectivity index (χ4v) is 3.57. The van der Waals surface area contributed by atoms with Crippen molar-refractivity contribution in [1.29, 1.82) is 0 Å². The van der Waals surface area contributed by atoms with Crippen LogP contribution in [-0.2, 0) is 33.4 Å². The minimum Gasteiger partial charge on any atom is -0.460 e. The molecule has 4 aromatic rings. The van der Waals surface area contributed by atoms with Crippen LogP contribution in [0.15, 0.2) is 58.1 Å². The number of benzene rings is 2.